The van der Waals surface area contributed by atoms with Gasteiger partial charge in [0.05, 0.1) is 20.3 Å². The van der Waals surface area contributed by atoms with Crippen LogP contribution < -0.4 is 14.2 Å². The van der Waals surface area contributed by atoms with Gasteiger partial charge in [-0.3, -0.25) is 0 Å². The van der Waals surface area contributed by atoms with Gasteiger partial charge in [0.15, 0.2) is 0 Å². The summed E-state index contributed by atoms with van der Waals surface area (Å²) in [7, 11) is 1.65. The molecule has 0 radical (unpaired) electrons. The average Bonchev–Trinajstić information content (AvgIpc) is 2.39. The van der Waals surface area contributed by atoms with Crippen molar-refractivity contribution in [2.24, 2.45) is 0 Å². The van der Waals surface area contributed by atoms with E-state index in [9.17, 15) is 0 Å². The van der Waals surface area contributed by atoms with E-state index in [1.807, 2.05) is 18.2 Å². The molecule has 1 rings (SSSR count). The van der Waals surface area contributed by atoms with E-state index >= 15 is 0 Å². The Morgan fingerprint density at radius 3 is 1.61 bits per heavy atom. The van der Waals surface area contributed by atoms with Crippen molar-refractivity contribution in [2.45, 2.75) is 39.5 Å². The van der Waals surface area contributed by atoms with Crippen LogP contribution in [0.15, 0.2) is 18.2 Å². The van der Waals surface area contributed by atoms with Gasteiger partial charge in [0.1, 0.15) is 17.2 Å². The first-order valence-corrected chi connectivity index (χ1v) is 6.74. The third kappa shape index (κ3) is 5.30. The van der Waals surface area contributed by atoms with Crippen LogP contribution in [0.4, 0.5) is 0 Å². The topological polar surface area (TPSA) is 27.7 Å². The molecule has 0 aliphatic heterocycles. The van der Waals surface area contributed by atoms with Gasteiger partial charge in [-0.25, -0.2) is 0 Å². The summed E-state index contributed by atoms with van der Waals surface area (Å²) in [6.45, 7) is 5.76. The first kappa shape index (κ1) is 14.7. The Hall–Kier alpha value is -1.38. The van der Waals surface area contributed by atoms with Crippen LogP contribution in [-0.2, 0) is 0 Å². The van der Waals surface area contributed by atoms with E-state index in [-0.39, 0.29) is 0 Å². The first-order valence-electron chi connectivity index (χ1n) is 6.74. The van der Waals surface area contributed by atoms with Gasteiger partial charge < -0.3 is 14.2 Å². The van der Waals surface area contributed by atoms with Gasteiger partial charge in [-0.15, -0.1) is 0 Å². The van der Waals surface area contributed by atoms with Crippen LogP contribution in [0.1, 0.15) is 39.5 Å². The summed E-state index contributed by atoms with van der Waals surface area (Å²) in [6, 6.07) is 5.71. The van der Waals surface area contributed by atoms with Crippen LogP contribution in [0.2, 0.25) is 0 Å². The predicted octanol–water partition coefficient (Wildman–Crippen LogP) is 4.05. The van der Waals surface area contributed by atoms with Crippen molar-refractivity contribution in [2.75, 3.05) is 20.3 Å². The lowest BCUT2D eigenvalue weighted by Gasteiger charge is -2.11. The molecule has 0 aromatic heterocycles. The molecule has 0 N–H and O–H groups in total. The Balaban J connectivity index is 2.62. The van der Waals surface area contributed by atoms with E-state index in [0.717, 1.165) is 56.1 Å². The van der Waals surface area contributed by atoms with Crippen LogP contribution in [0, 0.1) is 0 Å². The van der Waals surface area contributed by atoms with Crippen molar-refractivity contribution in [1.29, 1.82) is 0 Å². The second kappa shape index (κ2) is 8.67. The molecule has 0 amide bonds. The maximum absolute atomic E-state index is 5.68. The fourth-order valence-corrected chi connectivity index (χ4v) is 1.50. The lowest BCUT2D eigenvalue weighted by molar-refractivity contribution is 0.290. The molecule has 0 aliphatic rings. The molecule has 3 heteroatoms. The highest BCUT2D eigenvalue weighted by Crippen LogP contribution is 2.28. The van der Waals surface area contributed by atoms with Crippen LogP contribution in [0.25, 0.3) is 0 Å². The summed E-state index contributed by atoms with van der Waals surface area (Å²) in [5.41, 5.74) is 0. The summed E-state index contributed by atoms with van der Waals surface area (Å²) in [6.07, 6.45) is 4.38. The van der Waals surface area contributed by atoms with Gasteiger partial charge in [-0.05, 0) is 12.8 Å². The summed E-state index contributed by atoms with van der Waals surface area (Å²) >= 11 is 0. The number of unbranched alkanes of at least 4 members (excludes halogenated alkanes) is 2. The van der Waals surface area contributed by atoms with E-state index in [4.69, 9.17) is 14.2 Å². The zero-order valence-electron chi connectivity index (χ0n) is 11.7. The van der Waals surface area contributed by atoms with Crippen molar-refractivity contribution in [3.63, 3.8) is 0 Å². The Labute approximate surface area is 110 Å². The Morgan fingerprint density at radius 1 is 0.778 bits per heavy atom. The number of methoxy groups -OCH3 is 1. The molecule has 0 aliphatic carbocycles. The highest BCUT2D eigenvalue weighted by molar-refractivity contribution is 5.42. The van der Waals surface area contributed by atoms with Crippen molar-refractivity contribution in [3.8, 4) is 17.2 Å². The largest absolute Gasteiger partial charge is 0.496 e. The molecule has 3 nitrogen and oxygen atoms in total. The zero-order valence-corrected chi connectivity index (χ0v) is 11.7. The summed E-state index contributed by atoms with van der Waals surface area (Å²) in [5.74, 6) is 2.40. The summed E-state index contributed by atoms with van der Waals surface area (Å²) in [5, 5.41) is 0. The lowest BCUT2D eigenvalue weighted by Crippen LogP contribution is -2.00. The summed E-state index contributed by atoms with van der Waals surface area (Å²) in [4.78, 5) is 0. The van der Waals surface area contributed by atoms with Crippen LogP contribution in [-0.4, -0.2) is 20.3 Å². The zero-order chi connectivity index (χ0) is 13.2. The smallest absolute Gasteiger partial charge is 0.126 e. The van der Waals surface area contributed by atoms with E-state index in [2.05, 4.69) is 13.8 Å². The van der Waals surface area contributed by atoms with E-state index in [0.29, 0.717) is 0 Å². The molecule has 0 saturated carbocycles. The fourth-order valence-electron chi connectivity index (χ4n) is 1.50. The number of rotatable bonds is 9. The minimum Gasteiger partial charge on any atom is -0.496 e. The minimum absolute atomic E-state index is 0.734. The van der Waals surface area contributed by atoms with Gasteiger partial charge in [0, 0.05) is 18.2 Å². The molecule has 0 saturated heterocycles. The van der Waals surface area contributed by atoms with E-state index < -0.39 is 0 Å². The van der Waals surface area contributed by atoms with Crippen molar-refractivity contribution in [1.82, 2.24) is 0 Å². The molecular formula is C15H24O3. The first-order chi connectivity index (χ1) is 8.80. The normalized spacial score (nSPS) is 10.2. The molecule has 0 heterocycles. The molecule has 18 heavy (non-hydrogen) atoms. The van der Waals surface area contributed by atoms with Crippen LogP contribution >= 0.6 is 0 Å². The number of benzene rings is 1. The number of hydrogen-bond donors (Lipinski definition) is 0. The fraction of sp³-hybridized carbons (Fsp3) is 0.600. The second-order valence-electron chi connectivity index (χ2n) is 4.25. The minimum atomic E-state index is 0.734. The standard InChI is InChI=1S/C15H24O3/c1-4-6-8-17-14-10-13(16-3)11-15(12-14)18-9-7-5-2/h10-12H,4-9H2,1-3H3. The molecule has 1 aromatic rings. The molecule has 0 spiro atoms. The molecule has 102 valence electrons. The average molecular weight is 252 g/mol. The molecular weight excluding hydrogens is 228 g/mol. The number of ether oxygens (including phenoxy) is 3. The van der Waals surface area contributed by atoms with Gasteiger partial charge >= 0.3 is 0 Å². The maximum atomic E-state index is 5.68. The molecule has 1 aromatic carbocycles. The quantitative estimate of drug-likeness (QED) is 0.620. The van der Waals surface area contributed by atoms with Gasteiger partial charge in [-0.1, -0.05) is 26.7 Å². The Morgan fingerprint density at radius 2 is 1.22 bits per heavy atom. The SMILES string of the molecule is CCCCOc1cc(OC)cc(OCCCC)c1. The van der Waals surface area contributed by atoms with E-state index in [1.165, 1.54) is 0 Å². The van der Waals surface area contributed by atoms with E-state index in [1.54, 1.807) is 7.11 Å². The highest BCUT2D eigenvalue weighted by atomic mass is 16.5. The third-order valence-corrected chi connectivity index (χ3v) is 2.62. The van der Waals surface area contributed by atoms with Gasteiger partial charge in [-0.2, -0.15) is 0 Å². The van der Waals surface area contributed by atoms with Crippen molar-refractivity contribution >= 4 is 0 Å². The monoisotopic (exact) mass is 252 g/mol. The lowest BCUT2D eigenvalue weighted by atomic mass is 10.3. The number of hydrogen-bond acceptors (Lipinski definition) is 3. The van der Waals surface area contributed by atoms with Crippen molar-refractivity contribution in [3.05, 3.63) is 18.2 Å². The van der Waals surface area contributed by atoms with Crippen molar-refractivity contribution < 1.29 is 14.2 Å². The van der Waals surface area contributed by atoms with Gasteiger partial charge in [0.25, 0.3) is 0 Å². The Kier molecular flexibility index (Phi) is 7.07. The molecule has 0 unspecified atom stereocenters. The van der Waals surface area contributed by atoms with Crippen LogP contribution in [0.3, 0.4) is 0 Å². The summed E-state index contributed by atoms with van der Waals surface area (Å²) < 4.78 is 16.6. The molecule has 0 fully saturated rings. The molecule has 0 atom stereocenters. The molecule has 0 bridgehead atoms. The highest BCUT2D eigenvalue weighted by Gasteiger charge is 2.03. The Bertz CT molecular complexity index is 308. The third-order valence-electron chi connectivity index (χ3n) is 2.62. The second-order valence-corrected chi connectivity index (χ2v) is 4.25. The van der Waals surface area contributed by atoms with Gasteiger partial charge in [0.2, 0.25) is 0 Å². The predicted molar refractivity (Wildman–Crippen MR) is 73.8 cm³/mol. The maximum Gasteiger partial charge on any atom is 0.126 e. The van der Waals surface area contributed by atoms with Crippen LogP contribution in [0.5, 0.6) is 17.2 Å².